The van der Waals surface area contributed by atoms with Crippen molar-refractivity contribution in [3.05, 3.63) is 60.3 Å². The van der Waals surface area contributed by atoms with Crippen molar-refractivity contribution >= 4 is 5.91 Å². The molecule has 1 fully saturated rings. The molecule has 1 amide bonds. The van der Waals surface area contributed by atoms with Crippen LogP contribution in [0, 0.1) is 0 Å². The lowest BCUT2D eigenvalue weighted by molar-refractivity contribution is 0.0705. The van der Waals surface area contributed by atoms with Crippen molar-refractivity contribution in [1.82, 2.24) is 24.6 Å². The van der Waals surface area contributed by atoms with E-state index in [4.69, 9.17) is 9.72 Å². The minimum Gasteiger partial charge on any atom is -0.497 e. The van der Waals surface area contributed by atoms with Crippen LogP contribution in [0.15, 0.2) is 49.1 Å². The van der Waals surface area contributed by atoms with Crippen molar-refractivity contribution in [1.29, 1.82) is 0 Å². The average molecular weight is 377 g/mol. The molecule has 0 bridgehead atoms. The van der Waals surface area contributed by atoms with Gasteiger partial charge in [-0.15, -0.1) is 0 Å². The molecule has 7 heteroatoms. The molecule has 7 nitrogen and oxygen atoms in total. The van der Waals surface area contributed by atoms with Crippen molar-refractivity contribution < 1.29 is 9.53 Å². The van der Waals surface area contributed by atoms with Gasteiger partial charge in [0.25, 0.3) is 5.91 Å². The third-order valence-electron chi connectivity index (χ3n) is 5.10. The maximum absolute atomic E-state index is 12.8. The van der Waals surface area contributed by atoms with Crippen LogP contribution in [-0.2, 0) is 7.05 Å². The number of hydrogen-bond acceptors (Lipinski definition) is 5. The first kappa shape index (κ1) is 18.2. The summed E-state index contributed by atoms with van der Waals surface area (Å²) in [5.74, 6) is 0.984. The van der Waals surface area contributed by atoms with Crippen molar-refractivity contribution in [2.45, 2.75) is 18.8 Å². The zero-order chi connectivity index (χ0) is 19.5. The predicted molar refractivity (Wildman–Crippen MR) is 105 cm³/mol. The Bertz CT molecular complexity index is 984. The summed E-state index contributed by atoms with van der Waals surface area (Å²) >= 11 is 0. The number of methoxy groups -OCH3 is 1. The van der Waals surface area contributed by atoms with Gasteiger partial charge >= 0.3 is 0 Å². The second kappa shape index (κ2) is 7.80. The number of benzene rings is 1. The Morgan fingerprint density at radius 1 is 1.25 bits per heavy atom. The molecule has 2 aromatic heterocycles. The van der Waals surface area contributed by atoms with Crippen LogP contribution < -0.4 is 4.74 Å². The molecule has 4 rings (SSSR count). The third kappa shape index (κ3) is 3.74. The molecule has 144 valence electrons. The number of aromatic nitrogens is 4. The van der Waals surface area contributed by atoms with Gasteiger partial charge in [0.15, 0.2) is 0 Å². The van der Waals surface area contributed by atoms with E-state index < -0.39 is 0 Å². The van der Waals surface area contributed by atoms with Crippen LogP contribution in [0.4, 0.5) is 0 Å². The highest BCUT2D eigenvalue weighted by atomic mass is 16.5. The Hall–Kier alpha value is -3.22. The molecule has 3 aromatic rings. The molecule has 3 heterocycles. The number of carbonyl (C=O) groups excluding carboxylic acids is 1. The zero-order valence-electron chi connectivity index (χ0n) is 16.1. The van der Waals surface area contributed by atoms with Gasteiger partial charge in [-0.25, -0.2) is 4.98 Å². The number of carbonyl (C=O) groups is 1. The van der Waals surface area contributed by atoms with Crippen molar-refractivity contribution in [2.24, 2.45) is 7.05 Å². The summed E-state index contributed by atoms with van der Waals surface area (Å²) in [7, 11) is 3.46. The summed E-state index contributed by atoms with van der Waals surface area (Å²) in [6.45, 7) is 1.40. The summed E-state index contributed by atoms with van der Waals surface area (Å²) in [6, 6.07) is 7.80. The van der Waals surface area contributed by atoms with Gasteiger partial charge < -0.3 is 9.64 Å². The highest BCUT2D eigenvalue weighted by Crippen LogP contribution is 2.28. The molecule has 0 saturated carbocycles. The first-order valence-corrected chi connectivity index (χ1v) is 9.38. The van der Waals surface area contributed by atoms with Crippen LogP contribution in [0.2, 0.25) is 0 Å². The maximum atomic E-state index is 12.8. The Balaban J connectivity index is 1.54. The molecule has 0 aliphatic carbocycles. The molecule has 1 aliphatic rings. The first-order valence-electron chi connectivity index (χ1n) is 9.38. The lowest BCUT2D eigenvalue weighted by Crippen LogP contribution is -2.39. The second-order valence-corrected chi connectivity index (χ2v) is 7.05. The number of aryl methyl sites for hydroxylation is 1. The van der Waals surface area contributed by atoms with Gasteiger partial charge in [0.2, 0.25) is 0 Å². The molecule has 0 spiro atoms. The normalized spacial score (nSPS) is 16.8. The molecule has 1 atom stereocenters. The maximum Gasteiger partial charge on any atom is 0.257 e. The summed E-state index contributed by atoms with van der Waals surface area (Å²) in [5, 5.41) is 4.11. The van der Waals surface area contributed by atoms with Gasteiger partial charge in [0.1, 0.15) is 5.75 Å². The number of ether oxygens (including phenoxy) is 1. The topological polar surface area (TPSA) is 73.1 Å². The third-order valence-corrected chi connectivity index (χ3v) is 5.10. The van der Waals surface area contributed by atoms with Gasteiger partial charge in [-0.3, -0.25) is 14.5 Å². The van der Waals surface area contributed by atoms with Crippen LogP contribution in [0.3, 0.4) is 0 Å². The molecule has 1 aromatic carbocycles. The molecule has 1 aliphatic heterocycles. The Morgan fingerprint density at radius 2 is 2.14 bits per heavy atom. The van der Waals surface area contributed by atoms with Gasteiger partial charge in [-0.05, 0) is 25.0 Å². The number of amides is 1. The Labute approximate surface area is 164 Å². The fourth-order valence-electron chi connectivity index (χ4n) is 3.62. The van der Waals surface area contributed by atoms with E-state index in [1.54, 1.807) is 30.4 Å². The van der Waals surface area contributed by atoms with Crippen molar-refractivity contribution in [2.75, 3.05) is 20.2 Å². The minimum atomic E-state index is 0.0229. The van der Waals surface area contributed by atoms with E-state index >= 15 is 0 Å². The summed E-state index contributed by atoms with van der Waals surface area (Å²) in [6.07, 6.45) is 8.89. The molecule has 28 heavy (non-hydrogen) atoms. The van der Waals surface area contributed by atoms with Gasteiger partial charge in [-0.2, -0.15) is 5.10 Å². The van der Waals surface area contributed by atoms with Crippen LogP contribution in [-0.4, -0.2) is 50.8 Å². The van der Waals surface area contributed by atoms with Crippen molar-refractivity contribution in [3.63, 3.8) is 0 Å². The number of piperidine rings is 1. The van der Waals surface area contributed by atoms with E-state index in [-0.39, 0.29) is 11.8 Å². The molecule has 1 saturated heterocycles. The van der Waals surface area contributed by atoms with Gasteiger partial charge in [0, 0.05) is 44.0 Å². The molecule has 1 unspecified atom stereocenters. The molecular formula is C21H23N5O2. The van der Waals surface area contributed by atoms with E-state index in [0.29, 0.717) is 12.1 Å². The first-order chi connectivity index (χ1) is 13.6. The fourth-order valence-corrected chi connectivity index (χ4v) is 3.62. The Kier molecular flexibility index (Phi) is 5.06. The largest absolute Gasteiger partial charge is 0.497 e. The second-order valence-electron chi connectivity index (χ2n) is 7.05. The fraction of sp³-hybridized carbons (Fsp3) is 0.333. The number of rotatable bonds is 4. The highest BCUT2D eigenvalue weighted by molar-refractivity contribution is 5.93. The Morgan fingerprint density at radius 3 is 2.93 bits per heavy atom. The van der Waals surface area contributed by atoms with Gasteiger partial charge in [-0.1, -0.05) is 12.1 Å². The standard InChI is InChI=1S/C21H23N5O2/c1-25-13-17(10-23-25)21(27)26-8-4-6-16(14-26)20-12-22-11-19(24-20)15-5-3-7-18(9-15)28-2/h3,5,7,9-13,16H,4,6,8,14H2,1-2H3. The molecule has 0 N–H and O–H groups in total. The highest BCUT2D eigenvalue weighted by Gasteiger charge is 2.27. The summed E-state index contributed by atoms with van der Waals surface area (Å²) in [4.78, 5) is 23.9. The molecule has 0 radical (unpaired) electrons. The van der Waals surface area contributed by atoms with E-state index in [1.165, 1.54) is 0 Å². The zero-order valence-corrected chi connectivity index (χ0v) is 16.1. The average Bonchev–Trinajstić information content (AvgIpc) is 3.19. The molecular weight excluding hydrogens is 354 g/mol. The smallest absolute Gasteiger partial charge is 0.257 e. The SMILES string of the molecule is COc1cccc(-c2cncc(C3CCCN(C(=O)c4cnn(C)c4)C3)n2)c1. The number of likely N-dealkylation sites (tertiary alicyclic amines) is 1. The lowest BCUT2D eigenvalue weighted by atomic mass is 9.94. The predicted octanol–water partition coefficient (Wildman–Crippen LogP) is 2.91. The van der Waals surface area contributed by atoms with E-state index in [0.717, 1.165) is 42.1 Å². The van der Waals surface area contributed by atoms with Crippen molar-refractivity contribution in [3.8, 4) is 17.0 Å². The monoisotopic (exact) mass is 377 g/mol. The van der Waals surface area contributed by atoms with Crippen LogP contribution in [0.5, 0.6) is 5.75 Å². The number of nitrogens with zero attached hydrogens (tertiary/aromatic N) is 5. The summed E-state index contributed by atoms with van der Waals surface area (Å²) in [5.41, 5.74) is 3.32. The quantitative estimate of drug-likeness (QED) is 0.699. The van der Waals surface area contributed by atoms with E-state index in [2.05, 4.69) is 10.1 Å². The summed E-state index contributed by atoms with van der Waals surface area (Å²) < 4.78 is 6.96. The number of hydrogen-bond donors (Lipinski definition) is 0. The van der Waals surface area contributed by atoms with E-state index in [1.807, 2.05) is 42.4 Å². The van der Waals surface area contributed by atoms with Crippen LogP contribution in [0.1, 0.15) is 34.8 Å². The van der Waals surface area contributed by atoms with Crippen LogP contribution >= 0.6 is 0 Å². The van der Waals surface area contributed by atoms with Crippen LogP contribution in [0.25, 0.3) is 11.3 Å². The minimum absolute atomic E-state index is 0.0229. The van der Waals surface area contributed by atoms with Gasteiger partial charge in [0.05, 0.1) is 36.5 Å². The lowest BCUT2D eigenvalue weighted by Gasteiger charge is -2.32. The van der Waals surface area contributed by atoms with E-state index in [9.17, 15) is 4.79 Å².